The average molecular weight is 378 g/mol. The molecule has 3 aromatic rings. The van der Waals surface area contributed by atoms with Gasteiger partial charge in [-0.3, -0.25) is 4.98 Å². The topological polar surface area (TPSA) is 77.5 Å². The minimum Gasteiger partial charge on any atom is -0.462 e. The molecular weight excluding hydrogens is 356 g/mol. The molecule has 0 aliphatic rings. The van der Waals surface area contributed by atoms with Gasteiger partial charge in [-0.1, -0.05) is 18.2 Å². The second-order valence-electron chi connectivity index (χ2n) is 6.16. The minimum atomic E-state index is -0.441. The van der Waals surface area contributed by atoms with Gasteiger partial charge in [0.15, 0.2) is 0 Å². The van der Waals surface area contributed by atoms with Crippen molar-refractivity contribution in [1.29, 1.82) is 0 Å². The van der Waals surface area contributed by atoms with E-state index in [1.54, 1.807) is 38.1 Å². The second-order valence-corrected chi connectivity index (χ2v) is 6.16. The van der Waals surface area contributed by atoms with Crippen molar-refractivity contribution in [1.82, 2.24) is 4.98 Å². The third kappa shape index (κ3) is 3.96. The van der Waals surface area contributed by atoms with Crippen LogP contribution in [0.2, 0.25) is 0 Å². The zero-order chi connectivity index (χ0) is 20.1. The Morgan fingerprint density at radius 1 is 0.964 bits per heavy atom. The van der Waals surface area contributed by atoms with E-state index in [-0.39, 0.29) is 12.6 Å². The number of rotatable bonds is 6. The molecule has 0 unspecified atom stereocenters. The molecule has 0 atom stereocenters. The highest BCUT2D eigenvalue weighted by Crippen LogP contribution is 2.31. The first-order valence-corrected chi connectivity index (χ1v) is 9.14. The fourth-order valence-corrected chi connectivity index (χ4v) is 2.92. The molecule has 0 saturated carbocycles. The Bertz CT molecular complexity index is 1010. The molecule has 1 heterocycles. The maximum Gasteiger partial charge on any atom is 0.341 e. The summed E-state index contributed by atoms with van der Waals surface area (Å²) in [6.45, 7) is 6.10. The molecule has 28 heavy (non-hydrogen) atoms. The van der Waals surface area contributed by atoms with Gasteiger partial charge in [0.25, 0.3) is 0 Å². The van der Waals surface area contributed by atoms with Crippen molar-refractivity contribution in [2.45, 2.75) is 20.8 Å². The lowest BCUT2D eigenvalue weighted by Gasteiger charge is -2.15. The quantitative estimate of drug-likeness (QED) is 0.630. The van der Waals surface area contributed by atoms with E-state index in [9.17, 15) is 9.59 Å². The van der Waals surface area contributed by atoms with Crippen LogP contribution < -0.4 is 5.32 Å². The zero-order valence-corrected chi connectivity index (χ0v) is 16.1. The molecule has 144 valence electrons. The van der Waals surface area contributed by atoms with Crippen LogP contribution in [0.3, 0.4) is 0 Å². The summed E-state index contributed by atoms with van der Waals surface area (Å²) in [6.07, 6.45) is 1.53. The number of ether oxygens (including phenoxy) is 2. The summed E-state index contributed by atoms with van der Waals surface area (Å²) in [5.74, 6) is -0.810. The molecule has 0 amide bonds. The number of pyridine rings is 1. The van der Waals surface area contributed by atoms with Crippen LogP contribution in [-0.4, -0.2) is 30.1 Å². The summed E-state index contributed by atoms with van der Waals surface area (Å²) >= 11 is 0. The molecule has 0 fully saturated rings. The van der Waals surface area contributed by atoms with Crippen LogP contribution in [0.15, 0.2) is 48.7 Å². The lowest BCUT2D eigenvalue weighted by Crippen LogP contribution is -2.09. The molecule has 0 aliphatic heterocycles. The Labute approximate surface area is 163 Å². The van der Waals surface area contributed by atoms with Crippen molar-refractivity contribution < 1.29 is 19.1 Å². The van der Waals surface area contributed by atoms with E-state index >= 15 is 0 Å². The van der Waals surface area contributed by atoms with Crippen LogP contribution in [-0.2, 0) is 9.47 Å². The van der Waals surface area contributed by atoms with Crippen LogP contribution in [0.1, 0.15) is 40.1 Å². The van der Waals surface area contributed by atoms with E-state index in [1.807, 2.05) is 25.1 Å². The molecular formula is C22H22N2O4. The normalized spacial score (nSPS) is 10.5. The molecule has 1 aromatic heterocycles. The number of nitrogens with zero attached hydrogens (tertiary/aromatic N) is 1. The third-order valence-electron chi connectivity index (χ3n) is 4.26. The first-order chi connectivity index (χ1) is 13.5. The second kappa shape index (κ2) is 8.52. The van der Waals surface area contributed by atoms with Crippen LogP contribution in [0.5, 0.6) is 0 Å². The highest BCUT2D eigenvalue weighted by Gasteiger charge is 2.18. The van der Waals surface area contributed by atoms with Gasteiger partial charge in [0, 0.05) is 17.3 Å². The summed E-state index contributed by atoms with van der Waals surface area (Å²) < 4.78 is 10.2. The number of aryl methyl sites for hydroxylation is 1. The van der Waals surface area contributed by atoms with E-state index in [0.717, 1.165) is 22.2 Å². The molecule has 0 aliphatic carbocycles. The largest absolute Gasteiger partial charge is 0.462 e. The van der Waals surface area contributed by atoms with Gasteiger partial charge in [0.05, 0.1) is 30.0 Å². The summed E-state index contributed by atoms with van der Waals surface area (Å²) in [4.78, 5) is 28.7. The molecule has 2 aromatic carbocycles. The van der Waals surface area contributed by atoms with Gasteiger partial charge in [-0.05, 0) is 50.6 Å². The first kappa shape index (κ1) is 19.4. The number of esters is 2. The van der Waals surface area contributed by atoms with Crippen molar-refractivity contribution >= 4 is 34.2 Å². The van der Waals surface area contributed by atoms with Crippen molar-refractivity contribution in [2.75, 3.05) is 18.5 Å². The van der Waals surface area contributed by atoms with Crippen molar-refractivity contribution in [3.63, 3.8) is 0 Å². The maximum absolute atomic E-state index is 12.4. The SMILES string of the molecule is CCOC(=O)c1ccc(Nc2c(C(=O)OCC)cnc3c(C)cccc23)cc1. The van der Waals surface area contributed by atoms with Gasteiger partial charge in [0.2, 0.25) is 0 Å². The van der Waals surface area contributed by atoms with Gasteiger partial charge in [-0.2, -0.15) is 0 Å². The van der Waals surface area contributed by atoms with Crippen molar-refractivity contribution in [3.8, 4) is 0 Å². The van der Waals surface area contributed by atoms with Crippen molar-refractivity contribution in [2.24, 2.45) is 0 Å². The monoisotopic (exact) mass is 378 g/mol. The number of para-hydroxylation sites is 1. The lowest BCUT2D eigenvalue weighted by atomic mass is 10.1. The summed E-state index contributed by atoms with van der Waals surface area (Å²) in [6, 6.07) is 12.7. The predicted octanol–water partition coefficient (Wildman–Crippen LogP) is 4.64. The van der Waals surface area contributed by atoms with Crippen LogP contribution in [0.25, 0.3) is 10.9 Å². The number of hydrogen-bond acceptors (Lipinski definition) is 6. The molecule has 6 nitrogen and oxygen atoms in total. The minimum absolute atomic E-state index is 0.276. The predicted molar refractivity (Wildman–Crippen MR) is 108 cm³/mol. The first-order valence-electron chi connectivity index (χ1n) is 9.14. The fourth-order valence-electron chi connectivity index (χ4n) is 2.92. The van der Waals surface area contributed by atoms with E-state index in [4.69, 9.17) is 9.47 Å². The number of carbonyl (C=O) groups excluding carboxylic acids is 2. The molecule has 0 spiro atoms. The fraction of sp³-hybridized carbons (Fsp3) is 0.227. The van der Waals surface area contributed by atoms with Gasteiger partial charge < -0.3 is 14.8 Å². The lowest BCUT2D eigenvalue weighted by molar-refractivity contribution is 0.0517. The zero-order valence-electron chi connectivity index (χ0n) is 16.1. The van der Waals surface area contributed by atoms with Crippen molar-refractivity contribution in [3.05, 3.63) is 65.4 Å². The van der Waals surface area contributed by atoms with Gasteiger partial charge in [0.1, 0.15) is 5.56 Å². The highest BCUT2D eigenvalue weighted by atomic mass is 16.5. The number of anilines is 2. The number of hydrogen-bond donors (Lipinski definition) is 1. The van der Waals surface area contributed by atoms with E-state index in [1.165, 1.54) is 6.20 Å². The third-order valence-corrected chi connectivity index (χ3v) is 4.26. The summed E-state index contributed by atoms with van der Waals surface area (Å²) in [5.41, 5.74) is 3.99. The number of carbonyl (C=O) groups is 2. The Morgan fingerprint density at radius 2 is 1.64 bits per heavy atom. The molecule has 6 heteroatoms. The van der Waals surface area contributed by atoms with E-state index in [0.29, 0.717) is 23.4 Å². The van der Waals surface area contributed by atoms with E-state index < -0.39 is 5.97 Å². The van der Waals surface area contributed by atoms with Crippen LogP contribution in [0.4, 0.5) is 11.4 Å². The molecule has 3 rings (SSSR count). The summed E-state index contributed by atoms with van der Waals surface area (Å²) in [5, 5.41) is 4.11. The van der Waals surface area contributed by atoms with Crippen LogP contribution >= 0.6 is 0 Å². The number of aromatic nitrogens is 1. The number of fused-ring (bicyclic) bond motifs is 1. The Hall–Kier alpha value is -3.41. The van der Waals surface area contributed by atoms with Gasteiger partial charge >= 0.3 is 11.9 Å². The molecule has 0 bridgehead atoms. The highest BCUT2D eigenvalue weighted by molar-refractivity contribution is 6.06. The maximum atomic E-state index is 12.4. The Morgan fingerprint density at radius 3 is 2.32 bits per heavy atom. The van der Waals surface area contributed by atoms with Crippen LogP contribution in [0, 0.1) is 6.92 Å². The number of benzene rings is 2. The van der Waals surface area contributed by atoms with E-state index in [2.05, 4.69) is 10.3 Å². The molecule has 0 radical (unpaired) electrons. The van der Waals surface area contributed by atoms with Gasteiger partial charge in [-0.25, -0.2) is 9.59 Å². The Kier molecular flexibility index (Phi) is 5.89. The summed E-state index contributed by atoms with van der Waals surface area (Å²) in [7, 11) is 0. The Balaban J connectivity index is 2.03. The number of nitrogens with one attached hydrogen (secondary N) is 1. The van der Waals surface area contributed by atoms with Gasteiger partial charge in [-0.15, -0.1) is 0 Å². The smallest absolute Gasteiger partial charge is 0.341 e. The standard InChI is InChI=1S/C22H22N2O4/c1-4-27-21(25)15-9-11-16(12-10-15)24-20-17-8-6-7-14(3)19(17)23-13-18(20)22(26)28-5-2/h6-13H,4-5H2,1-3H3,(H,23,24). The molecule has 1 N–H and O–H groups in total. The molecule has 0 saturated heterocycles. The average Bonchev–Trinajstić information content (AvgIpc) is 2.69.